The largest absolute Gasteiger partial charge is 0.493 e. The number of rotatable bonds is 9. The fourth-order valence-corrected chi connectivity index (χ4v) is 3.46. The maximum Gasteiger partial charge on any atom is 0.316 e. The van der Waals surface area contributed by atoms with E-state index in [1.807, 2.05) is 13.0 Å². The predicted octanol–water partition coefficient (Wildman–Crippen LogP) is 2.61. The van der Waals surface area contributed by atoms with E-state index in [1.54, 1.807) is 18.2 Å². The van der Waals surface area contributed by atoms with Crippen LogP contribution in [0.25, 0.3) is 0 Å². The molecule has 26 heavy (non-hydrogen) atoms. The van der Waals surface area contributed by atoms with E-state index in [9.17, 15) is 9.59 Å². The highest BCUT2D eigenvalue weighted by Gasteiger charge is 2.21. The fraction of sp³-hybridized carbons (Fsp3) is 0.375. The van der Waals surface area contributed by atoms with Crippen molar-refractivity contribution >= 4 is 40.1 Å². The number of methoxy groups -OCH3 is 2. The minimum atomic E-state index is -0.707. The number of carbonyl (C=O) groups is 2. The highest BCUT2D eigenvalue weighted by molar-refractivity contribution is 8.01. The van der Waals surface area contributed by atoms with Crippen LogP contribution in [0, 0.1) is 0 Å². The average Bonchev–Trinajstić information content (AvgIpc) is 3.11. The second-order valence-electron chi connectivity index (χ2n) is 4.89. The van der Waals surface area contributed by atoms with Crippen molar-refractivity contribution in [3.05, 3.63) is 24.3 Å². The van der Waals surface area contributed by atoms with Crippen LogP contribution in [0.1, 0.15) is 13.3 Å². The summed E-state index contributed by atoms with van der Waals surface area (Å²) >= 11 is 2.37. The lowest BCUT2D eigenvalue weighted by atomic mass is 10.2. The van der Waals surface area contributed by atoms with Crippen LogP contribution in [0.4, 0.5) is 5.13 Å². The Labute approximate surface area is 159 Å². The first kappa shape index (κ1) is 20.0. The number of benzene rings is 1. The molecule has 0 aliphatic carbocycles. The van der Waals surface area contributed by atoms with E-state index < -0.39 is 6.10 Å². The molecule has 1 atom stereocenters. The molecule has 1 unspecified atom stereocenters. The molecule has 0 radical (unpaired) electrons. The van der Waals surface area contributed by atoms with Gasteiger partial charge in [-0.15, -0.1) is 10.2 Å². The number of carbonyl (C=O) groups excluding carboxylic acids is 2. The highest BCUT2D eigenvalue weighted by atomic mass is 32.2. The first-order chi connectivity index (χ1) is 12.6. The molecule has 0 spiro atoms. The van der Waals surface area contributed by atoms with Crippen molar-refractivity contribution in [1.29, 1.82) is 0 Å². The highest BCUT2D eigenvalue weighted by Crippen LogP contribution is 2.28. The smallest absolute Gasteiger partial charge is 0.316 e. The Bertz CT molecular complexity index is 753. The third-order valence-electron chi connectivity index (χ3n) is 3.18. The fourth-order valence-electron chi connectivity index (χ4n) is 1.88. The van der Waals surface area contributed by atoms with E-state index in [1.165, 1.54) is 37.3 Å². The molecule has 0 bridgehead atoms. The molecule has 0 aliphatic rings. The number of hydrogen-bond acceptors (Lipinski definition) is 9. The molecule has 0 saturated heterocycles. The van der Waals surface area contributed by atoms with Crippen LogP contribution in [-0.2, 0) is 14.3 Å². The zero-order valence-corrected chi connectivity index (χ0v) is 16.2. The molecule has 2 rings (SSSR count). The summed E-state index contributed by atoms with van der Waals surface area (Å²) < 4.78 is 16.1. The van der Waals surface area contributed by atoms with Gasteiger partial charge in [-0.2, -0.15) is 0 Å². The van der Waals surface area contributed by atoms with E-state index in [2.05, 4.69) is 20.3 Å². The van der Waals surface area contributed by atoms with Gasteiger partial charge in [-0.1, -0.05) is 42.2 Å². The molecule has 0 fully saturated rings. The van der Waals surface area contributed by atoms with Gasteiger partial charge in [-0.25, -0.2) is 0 Å². The van der Waals surface area contributed by atoms with E-state index in [4.69, 9.17) is 9.47 Å². The van der Waals surface area contributed by atoms with Crippen molar-refractivity contribution in [2.75, 3.05) is 25.3 Å². The van der Waals surface area contributed by atoms with E-state index in [0.29, 0.717) is 27.4 Å². The first-order valence-electron chi connectivity index (χ1n) is 7.71. The van der Waals surface area contributed by atoms with Gasteiger partial charge in [0.2, 0.25) is 5.13 Å². The molecule has 140 valence electrons. The summed E-state index contributed by atoms with van der Waals surface area (Å²) in [4.78, 5) is 23.6. The van der Waals surface area contributed by atoms with Gasteiger partial charge >= 0.3 is 5.97 Å². The lowest BCUT2D eigenvalue weighted by Crippen LogP contribution is -2.32. The molecular weight excluding hydrogens is 378 g/mol. The van der Waals surface area contributed by atoms with Crippen LogP contribution in [0.2, 0.25) is 0 Å². The van der Waals surface area contributed by atoms with E-state index in [-0.39, 0.29) is 17.6 Å². The molecule has 8 nitrogen and oxygen atoms in total. The standard InChI is InChI=1S/C16H19N3O5S2/c1-4-10(24-12-8-6-5-7-11(12)22-2)14(21)17-15-18-19-16(26-15)25-9-13(20)23-3/h5-8,10H,4,9H2,1-3H3,(H,17,18,21). The van der Waals surface area contributed by atoms with Crippen molar-refractivity contribution in [3.8, 4) is 11.5 Å². The molecule has 1 heterocycles. The maximum absolute atomic E-state index is 12.5. The monoisotopic (exact) mass is 397 g/mol. The van der Waals surface area contributed by atoms with Crippen molar-refractivity contribution in [3.63, 3.8) is 0 Å². The first-order valence-corrected chi connectivity index (χ1v) is 9.51. The third kappa shape index (κ3) is 5.60. The van der Waals surface area contributed by atoms with Gasteiger partial charge < -0.3 is 14.2 Å². The lowest BCUT2D eigenvalue weighted by Gasteiger charge is -2.17. The number of hydrogen-bond donors (Lipinski definition) is 1. The topological polar surface area (TPSA) is 99.6 Å². The average molecular weight is 397 g/mol. The van der Waals surface area contributed by atoms with Crippen LogP contribution in [0.15, 0.2) is 28.6 Å². The number of aromatic nitrogens is 2. The van der Waals surface area contributed by atoms with Gasteiger partial charge in [-0.05, 0) is 18.6 Å². The molecule has 0 aliphatic heterocycles. The molecular formula is C16H19N3O5S2. The molecule has 0 saturated carbocycles. The number of esters is 1. The Balaban J connectivity index is 1.96. The number of amides is 1. The quantitative estimate of drug-likeness (QED) is 0.392. The number of thioether (sulfide) groups is 1. The Hall–Kier alpha value is -2.33. The van der Waals surface area contributed by atoms with E-state index in [0.717, 1.165) is 0 Å². The number of para-hydroxylation sites is 2. The van der Waals surface area contributed by atoms with Gasteiger partial charge in [0.15, 0.2) is 21.9 Å². The Morgan fingerprint density at radius 3 is 2.62 bits per heavy atom. The lowest BCUT2D eigenvalue weighted by molar-refractivity contribution is -0.137. The molecule has 1 amide bonds. The summed E-state index contributed by atoms with van der Waals surface area (Å²) in [6.45, 7) is 1.84. The van der Waals surface area contributed by atoms with Crippen molar-refractivity contribution in [2.45, 2.75) is 23.8 Å². The van der Waals surface area contributed by atoms with Gasteiger partial charge in [0.1, 0.15) is 0 Å². The normalized spacial score (nSPS) is 11.5. The number of ether oxygens (including phenoxy) is 3. The van der Waals surface area contributed by atoms with Crippen molar-refractivity contribution in [2.24, 2.45) is 0 Å². The van der Waals surface area contributed by atoms with E-state index >= 15 is 0 Å². The van der Waals surface area contributed by atoms with Crippen LogP contribution in [-0.4, -0.2) is 48.2 Å². The van der Waals surface area contributed by atoms with Crippen molar-refractivity contribution in [1.82, 2.24) is 10.2 Å². The number of anilines is 1. The molecule has 10 heteroatoms. The molecule has 1 N–H and O–H groups in total. The summed E-state index contributed by atoms with van der Waals surface area (Å²) in [6, 6.07) is 7.12. The zero-order valence-electron chi connectivity index (χ0n) is 14.6. The SMILES string of the molecule is CCC(Oc1ccccc1OC)C(=O)Nc1nnc(SCC(=O)OC)s1. The predicted molar refractivity (Wildman–Crippen MR) is 99.0 cm³/mol. The Morgan fingerprint density at radius 2 is 1.96 bits per heavy atom. The van der Waals surface area contributed by atoms with Crippen LogP contribution < -0.4 is 14.8 Å². The van der Waals surface area contributed by atoms with Gasteiger partial charge in [0.25, 0.3) is 5.91 Å². The van der Waals surface area contributed by atoms with Crippen LogP contribution in [0.5, 0.6) is 11.5 Å². The second-order valence-corrected chi connectivity index (χ2v) is 7.09. The molecule has 1 aromatic heterocycles. The summed E-state index contributed by atoms with van der Waals surface area (Å²) in [7, 11) is 2.86. The summed E-state index contributed by atoms with van der Waals surface area (Å²) in [5.41, 5.74) is 0. The zero-order chi connectivity index (χ0) is 18.9. The number of nitrogens with zero attached hydrogens (tertiary/aromatic N) is 2. The third-order valence-corrected chi connectivity index (χ3v) is 5.12. The summed E-state index contributed by atoms with van der Waals surface area (Å²) in [5, 5.41) is 10.8. The Kier molecular flexibility index (Phi) is 7.67. The molecule has 1 aromatic carbocycles. The second kappa shape index (κ2) is 9.97. The summed E-state index contributed by atoms with van der Waals surface area (Å²) in [5.74, 6) is 0.485. The number of nitrogens with one attached hydrogen (secondary N) is 1. The van der Waals surface area contributed by atoms with Crippen LogP contribution >= 0.6 is 23.1 Å². The van der Waals surface area contributed by atoms with Crippen LogP contribution in [0.3, 0.4) is 0 Å². The van der Waals surface area contributed by atoms with Gasteiger partial charge in [0.05, 0.1) is 20.0 Å². The van der Waals surface area contributed by atoms with Crippen molar-refractivity contribution < 1.29 is 23.8 Å². The molecule has 2 aromatic rings. The summed E-state index contributed by atoms with van der Waals surface area (Å²) in [6.07, 6.45) is -0.242. The minimum absolute atomic E-state index is 0.133. The minimum Gasteiger partial charge on any atom is -0.493 e. The van der Waals surface area contributed by atoms with Gasteiger partial charge in [-0.3, -0.25) is 14.9 Å². The maximum atomic E-state index is 12.5. The van der Waals surface area contributed by atoms with Gasteiger partial charge in [0, 0.05) is 0 Å². The Morgan fingerprint density at radius 1 is 1.23 bits per heavy atom.